The van der Waals surface area contributed by atoms with E-state index in [9.17, 15) is 13.2 Å². The van der Waals surface area contributed by atoms with Gasteiger partial charge in [-0.3, -0.25) is 4.79 Å². The topological polar surface area (TPSA) is 111 Å². The molecule has 8 heteroatoms. The largest absolute Gasteiger partial charge is 0.380 e. The Morgan fingerprint density at radius 1 is 1.24 bits per heavy atom. The fourth-order valence-corrected chi connectivity index (χ4v) is 2.64. The fraction of sp³-hybridized carbons (Fsp3) is 0.462. The van der Waals surface area contributed by atoms with Crippen molar-refractivity contribution >= 4 is 21.6 Å². The van der Waals surface area contributed by atoms with Crippen LogP contribution in [0.1, 0.15) is 13.3 Å². The van der Waals surface area contributed by atoms with Crippen molar-refractivity contribution in [1.82, 2.24) is 4.72 Å². The zero-order valence-corrected chi connectivity index (χ0v) is 12.8. The predicted molar refractivity (Wildman–Crippen MR) is 80.4 cm³/mol. The lowest BCUT2D eigenvalue weighted by atomic mass is 10.3. The van der Waals surface area contributed by atoms with Crippen LogP contribution in [0.5, 0.6) is 0 Å². The molecule has 0 bridgehead atoms. The van der Waals surface area contributed by atoms with Gasteiger partial charge >= 0.3 is 0 Å². The summed E-state index contributed by atoms with van der Waals surface area (Å²) in [6, 6.07) is 5.97. The van der Waals surface area contributed by atoms with Crippen LogP contribution >= 0.6 is 0 Å². The molecular formula is C13H21N3O4S. The highest BCUT2D eigenvalue weighted by Gasteiger charge is 2.12. The number of sulfonamides is 1. The summed E-state index contributed by atoms with van der Waals surface area (Å²) >= 11 is 0. The molecule has 0 aliphatic heterocycles. The summed E-state index contributed by atoms with van der Waals surface area (Å²) in [4.78, 5) is 11.0. The Morgan fingerprint density at radius 2 is 1.90 bits per heavy atom. The van der Waals surface area contributed by atoms with Crippen LogP contribution < -0.4 is 15.8 Å². The average Bonchev–Trinajstić information content (AvgIpc) is 2.42. The number of anilines is 1. The van der Waals surface area contributed by atoms with Crippen LogP contribution in [-0.4, -0.2) is 40.6 Å². The van der Waals surface area contributed by atoms with Crippen molar-refractivity contribution in [3.05, 3.63) is 24.3 Å². The van der Waals surface area contributed by atoms with Gasteiger partial charge in [0.25, 0.3) is 0 Å². The van der Waals surface area contributed by atoms with E-state index in [1.807, 2.05) is 0 Å². The molecule has 0 saturated heterocycles. The third-order valence-electron chi connectivity index (χ3n) is 2.50. The molecular weight excluding hydrogens is 294 g/mol. The van der Waals surface area contributed by atoms with Crippen molar-refractivity contribution < 1.29 is 17.9 Å². The van der Waals surface area contributed by atoms with E-state index in [1.54, 1.807) is 12.1 Å². The Morgan fingerprint density at radius 3 is 2.48 bits per heavy atom. The van der Waals surface area contributed by atoms with Crippen molar-refractivity contribution in [2.45, 2.75) is 18.2 Å². The van der Waals surface area contributed by atoms with E-state index in [4.69, 9.17) is 10.5 Å². The van der Waals surface area contributed by atoms with E-state index in [0.717, 1.165) is 0 Å². The Balaban J connectivity index is 2.48. The van der Waals surface area contributed by atoms with Gasteiger partial charge < -0.3 is 15.8 Å². The van der Waals surface area contributed by atoms with E-state index >= 15 is 0 Å². The van der Waals surface area contributed by atoms with Gasteiger partial charge in [0, 0.05) is 32.3 Å². The average molecular weight is 315 g/mol. The minimum absolute atomic E-state index is 0.152. The van der Waals surface area contributed by atoms with Gasteiger partial charge in [-0.15, -0.1) is 0 Å². The lowest BCUT2D eigenvalue weighted by Crippen LogP contribution is -2.25. The number of nitrogens with two attached hydrogens (primary N) is 1. The lowest BCUT2D eigenvalue weighted by Gasteiger charge is -2.08. The summed E-state index contributed by atoms with van der Waals surface area (Å²) in [6.07, 6.45) is 0.573. The van der Waals surface area contributed by atoms with E-state index in [1.165, 1.54) is 19.1 Å². The molecule has 118 valence electrons. The number of nitrogens with one attached hydrogen (secondary N) is 2. The third-order valence-corrected chi connectivity index (χ3v) is 3.98. The first-order chi connectivity index (χ1) is 9.95. The maximum Gasteiger partial charge on any atom is 0.240 e. The normalized spacial score (nSPS) is 11.3. The Labute approximate surface area is 124 Å². The van der Waals surface area contributed by atoms with Crippen LogP contribution in [0.15, 0.2) is 29.2 Å². The number of ether oxygens (including phenoxy) is 1. The fourth-order valence-electron chi connectivity index (χ4n) is 1.57. The van der Waals surface area contributed by atoms with Gasteiger partial charge in [0.2, 0.25) is 15.9 Å². The standard InChI is InChI=1S/C13H21N3O4S/c1-11(17)16-12-3-5-13(6-4-12)21(18,19)15-8-2-9-20-10-7-14/h3-6,15H,2,7-10,14H2,1H3,(H,16,17). The summed E-state index contributed by atoms with van der Waals surface area (Å²) in [6.45, 7) is 3.06. The second-order valence-corrected chi connectivity index (χ2v) is 6.12. The van der Waals surface area contributed by atoms with Crippen LogP contribution in [0.25, 0.3) is 0 Å². The van der Waals surface area contributed by atoms with E-state index < -0.39 is 10.0 Å². The van der Waals surface area contributed by atoms with E-state index in [0.29, 0.717) is 38.4 Å². The SMILES string of the molecule is CC(=O)Nc1ccc(S(=O)(=O)NCCCOCCN)cc1. The molecule has 0 aliphatic rings. The van der Waals surface area contributed by atoms with Gasteiger partial charge in [0.1, 0.15) is 0 Å². The van der Waals surface area contributed by atoms with Gasteiger partial charge in [-0.2, -0.15) is 0 Å². The first-order valence-corrected chi connectivity index (χ1v) is 8.09. The molecule has 1 rings (SSSR count). The second kappa shape index (κ2) is 8.73. The Hall–Kier alpha value is -1.48. The summed E-state index contributed by atoms with van der Waals surface area (Å²) < 4.78 is 31.6. The summed E-state index contributed by atoms with van der Waals surface area (Å²) in [5, 5.41) is 2.57. The minimum Gasteiger partial charge on any atom is -0.380 e. The molecule has 1 aromatic carbocycles. The summed E-state index contributed by atoms with van der Waals surface area (Å²) in [5.41, 5.74) is 5.82. The molecule has 0 aliphatic carbocycles. The maximum absolute atomic E-state index is 12.0. The summed E-state index contributed by atoms with van der Waals surface area (Å²) in [5.74, 6) is -0.207. The highest BCUT2D eigenvalue weighted by molar-refractivity contribution is 7.89. The molecule has 21 heavy (non-hydrogen) atoms. The Bertz CT molecular complexity index is 543. The minimum atomic E-state index is -3.54. The number of hydrogen-bond donors (Lipinski definition) is 3. The predicted octanol–water partition coefficient (Wildman–Crippen LogP) is 0.289. The quantitative estimate of drug-likeness (QED) is 0.567. The monoisotopic (exact) mass is 315 g/mol. The second-order valence-electron chi connectivity index (χ2n) is 4.36. The van der Waals surface area contributed by atoms with Crippen LogP contribution in [0.4, 0.5) is 5.69 Å². The first-order valence-electron chi connectivity index (χ1n) is 6.61. The molecule has 7 nitrogen and oxygen atoms in total. The molecule has 0 aromatic heterocycles. The summed E-state index contributed by atoms with van der Waals surface area (Å²) in [7, 11) is -3.54. The van der Waals surface area contributed by atoms with Crippen molar-refractivity contribution in [1.29, 1.82) is 0 Å². The molecule has 0 saturated carbocycles. The van der Waals surface area contributed by atoms with Gasteiger partial charge in [0.05, 0.1) is 11.5 Å². The smallest absolute Gasteiger partial charge is 0.240 e. The molecule has 1 aromatic rings. The lowest BCUT2D eigenvalue weighted by molar-refractivity contribution is -0.114. The number of carbonyl (C=O) groups excluding carboxylic acids is 1. The van der Waals surface area contributed by atoms with Crippen molar-refractivity contribution in [2.75, 3.05) is 31.6 Å². The zero-order valence-electron chi connectivity index (χ0n) is 12.0. The molecule has 0 radical (unpaired) electrons. The van der Waals surface area contributed by atoms with Crippen molar-refractivity contribution in [3.63, 3.8) is 0 Å². The number of carbonyl (C=O) groups is 1. The third kappa shape index (κ3) is 6.67. The molecule has 0 fully saturated rings. The number of rotatable bonds is 9. The Kier molecular flexibility index (Phi) is 7.30. The molecule has 1 amide bonds. The molecule has 0 atom stereocenters. The zero-order chi connectivity index (χ0) is 15.7. The van der Waals surface area contributed by atoms with Gasteiger partial charge in [-0.1, -0.05) is 0 Å². The van der Waals surface area contributed by atoms with Gasteiger partial charge in [0.15, 0.2) is 0 Å². The number of hydrogen-bond acceptors (Lipinski definition) is 5. The molecule has 0 spiro atoms. The van der Waals surface area contributed by atoms with Gasteiger partial charge in [-0.25, -0.2) is 13.1 Å². The van der Waals surface area contributed by atoms with Gasteiger partial charge in [-0.05, 0) is 30.7 Å². The van der Waals surface area contributed by atoms with Crippen LogP contribution in [-0.2, 0) is 19.6 Å². The highest BCUT2D eigenvalue weighted by atomic mass is 32.2. The number of benzene rings is 1. The van der Waals surface area contributed by atoms with E-state index in [2.05, 4.69) is 10.0 Å². The van der Waals surface area contributed by atoms with E-state index in [-0.39, 0.29) is 10.8 Å². The van der Waals surface area contributed by atoms with Crippen molar-refractivity contribution in [2.24, 2.45) is 5.73 Å². The van der Waals surface area contributed by atoms with Crippen LogP contribution in [0.2, 0.25) is 0 Å². The van der Waals surface area contributed by atoms with Crippen molar-refractivity contribution in [3.8, 4) is 0 Å². The first kappa shape index (κ1) is 17.6. The molecule has 4 N–H and O–H groups in total. The highest BCUT2D eigenvalue weighted by Crippen LogP contribution is 2.13. The molecule has 0 heterocycles. The number of amides is 1. The maximum atomic E-state index is 12.0. The molecule has 0 unspecified atom stereocenters. The van der Waals surface area contributed by atoms with Crippen LogP contribution in [0, 0.1) is 0 Å². The van der Waals surface area contributed by atoms with Crippen LogP contribution in [0.3, 0.4) is 0 Å².